The van der Waals surface area contributed by atoms with Crippen LogP contribution >= 0.6 is 27.5 Å². The number of aromatic nitrogens is 2. The van der Waals surface area contributed by atoms with Gasteiger partial charge in [0.2, 0.25) is 0 Å². The summed E-state index contributed by atoms with van der Waals surface area (Å²) >= 11 is 8.94. The summed E-state index contributed by atoms with van der Waals surface area (Å²) in [5.41, 5.74) is 0.0594. The van der Waals surface area contributed by atoms with Crippen LogP contribution in [0.3, 0.4) is 0 Å². The number of anilines is 1. The monoisotopic (exact) mass is 293 g/mol. The zero-order valence-corrected chi connectivity index (χ0v) is 10.5. The normalized spacial score (nSPS) is 9.87. The van der Waals surface area contributed by atoms with Crippen LogP contribution in [0.4, 0.5) is 5.82 Å². The molecule has 1 aromatic heterocycles. The summed E-state index contributed by atoms with van der Waals surface area (Å²) in [6.07, 6.45) is 0. The van der Waals surface area contributed by atoms with E-state index in [2.05, 4.69) is 36.0 Å². The van der Waals surface area contributed by atoms with Crippen molar-refractivity contribution in [2.75, 3.05) is 19.0 Å². The van der Waals surface area contributed by atoms with Gasteiger partial charge in [-0.05, 0) is 22.9 Å². The summed E-state index contributed by atoms with van der Waals surface area (Å²) in [4.78, 5) is 19.1. The molecule has 15 heavy (non-hydrogen) atoms. The molecule has 5 nitrogen and oxygen atoms in total. The van der Waals surface area contributed by atoms with Gasteiger partial charge in [-0.25, -0.2) is 14.8 Å². The summed E-state index contributed by atoms with van der Waals surface area (Å²) in [5, 5.41) is 3.05. The van der Waals surface area contributed by atoms with Gasteiger partial charge in [0, 0.05) is 6.54 Å². The number of nitrogens with zero attached hydrogens (tertiary/aromatic N) is 2. The Bertz CT molecular complexity index is 386. The summed E-state index contributed by atoms with van der Waals surface area (Å²) in [6, 6.07) is 0. The first-order valence-electron chi connectivity index (χ1n) is 4.15. The largest absolute Gasteiger partial charge is 0.464 e. The van der Waals surface area contributed by atoms with Crippen molar-refractivity contribution in [3.05, 3.63) is 15.5 Å². The van der Waals surface area contributed by atoms with Crippen molar-refractivity contribution in [1.29, 1.82) is 0 Å². The SMILES string of the molecule is CCNc1nc(Br)c(C(=O)OC)nc1Cl. The number of carbonyl (C=O) groups is 1. The number of carbonyl (C=O) groups excluding carboxylic acids is 1. The van der Waals surface area contributed by atoms with Crippen LogP contribution in [0, 0.1) is 0 Å². The van der Waals surface area contributed by atoms with Gasteiger partial charge in [0.05, 0.1) is 7.11 Å². The van der Waals surface area contributed by atoms with E-state index in [0.29, 0.717) is 17.0 Å². The number of methoxy groups -OCH3 is 1. The van der Waals surface area contributed by atoms with E-state index in [1.807, 2.05) is 6.92 Å². The molecule has 0 aromatic carbocycles. The van der Waals surface area contributed by atoms with Crippen molar-refractivity contribution in [3.8, 4) is 0 Å². The lowest BCUT2D eigenvalue weighted by atomic mass is 10.4. The fourth-order valence-electron chi connectivity index (χ4n) is 0.901. The molecular weight excluding hydrogens is 285 g/mol. The number of ether oxygens (including phenoxy) is 1. The fourth-order valence-corrected chi connectivity index (χ4v) is 1.52. The molecule has 0 atom stereocenters. The molecule has 1 heterocycles. The third kappa shape index (κ3) is 2.79. The van der Waals surface area contributed by atoms with Crippen LogP contribution in [0.1, 0.15) is 17.4 Å². The maximum atomic E-state index is 11.2. The maximum absolute atomic E-state index is 11.2. The summed E-state index contributed by atoms with van der Waals surface area (Å²) < 4.78 is 4.82. The highest BCUT2D eigenvalue weighted by atomic mass is 79.9. The first-order chi connectivity index (χ1) is 7.10. The van der Waals surface area contributed by atoms with Crippen LogP contribution in [-0.4, -0.2) is 29.6 Å². The highest BCUT2D eigenvalue weighted by Gasteiger charge is 2.17. The van der Waals surface area contributed by atoms with Crippen LogP contribution in [-0.2, 0) is 4.74 Å². The van der Waals surface area contributed by atoms with Crippen LogP contribution in [0.2, 0.25) is 5.15 Å². The first-order valence-corrected chi connectivity index (χ1v) is 5.32. The summed E-state index contributed by atoms with van der Waals surface area (Å²) in [6.45, 7) is 2.57. The van der Waals surface area contributed by atoms with Gasteiger partial charge in [-0.15, -0.1) is 0 Å². The Kier molecular flexibility index (Phi) is 4.28. The Hall–Kier alpha value is -0.880. The second-order valence-electron chi connectivity index (χ2n) is 2.52. The predicted octanol–water partition coefficient (Wildman–Crippen LogP) is 2.11. The van der Waals surface area contributed by atoms with E-state index < -0.39 is 5.97 Å². The van der Waals surface area contributed by atoms with Gasteiger partial charge < -0.3 is 10.1 Å². The molecule has 0 bridgehead atoms. The molecule has 0 aliphatic carbocycles. The Labute approximate surface area is 100 Å². The number of esters is 1. The Morgan fingerprint density at radius 2 is 2.27 bits per heavy atom. The van der Waals surface area contributed by atoms with Crippen LogP contribution in [0.15, 0.2) is 4.60 Å². The van der Waals surface area contributed by atoms with Crippen molar-refractivity contribution in [2.45, 2.75) is 6.92 Å². The molecule has 0 aliphatic heterocycles. The molecule has 0 amide bonds. The van der Waals surface area contributed by atoms with Crippen molar-refractivity contribution in [2.24, 2.45) is 0 Å². The molecule has 0 radical (unpaired) electrons. The van der Waals surface area contributed by atoms with Crippen molar-refractivity contribution >= 4 is 39.3 Å². The highest BCUT2D eigenvalue weighted by Crippen LogP contribution is 2.22. The molecule has 7 heteroatoms. The lowest BCUT2D eigenvalue weighted by Crippen LogP contribution is -2.10. The number of nitrogens with one attached hydrogen (secondary N) is 1. The summed E-state index contributed by atoms with van der Waals surface area (Å²) in [7, 11) is 1.27. The molecule has 1 aromatic rings. The lowest BCUT2D eigenvalue weighted by Gasteiger charge is -2.07. The van der Waals surface area contributed by atoms with E-state index in [-0.39, 0.29) is 10.8 Å². The van der Waals surface area contributed by atoms with E-state index >= 15 is 0 Å². The molecule has 0 spiro atoms. The van der Waals surface area contributed by atoms with E-state index in [0.717, 1.165) is 0 Å². The van der Waals surface area contributed by atoms with Crippen molar-refractivity contribution < 1.29 is 9.53 Å². The van der Waals surface area contributed by atoms with E-state index in [9.17, 15) is 4.79 Å². The topological polar surface area (TPSA) is 64.1 Å². The third-order valence-electron chi connectivity index (χ3n) is 1.53. The standard InChI is InChI=1S/C8H9BrClN3O2/c1-3-11-7-6(10)12-4(5(9)13-7)8(14)15-2/h3H2,1-2H3,(H,11,13). The molecule has 82 valence electrons. The van der Waals surface area contributed by atoms with Gasteiger partial charge in [-0.1, -0.05) is 11.6 Å². The number of hydrogen-bond donors (Lipinski definition) is 1. The quantitative estimate of drug-likeness (QED) is 0.865. The van der Waals surface area contributed by atoms with E-state index in [1.54, 1.807) is 0 Å². The molecule has 0 saturated heterocycles. The first kappa shape index (κ1) is 12.2. The second-order valence-corrected chi connectivity index (χ2v) is 3.63. The van der Waals surface area contributed by atoms with Crippen molar-refractivity contribution in [3.63, 3.8) is 0 Å². The van der Waals surface area contributed by atoms with Gasteiger partial charge in [0.15, 0.2) is 16.7 Å². The Morgan fingerprint density at radius 1 is 1.60 bits per heavy atom. The van der Waals surface area contributed by atoms with Gasteiger partial charge in [0.25, 0.3) is 0 Å². The van der Waals surface area contributed by atoms with Gasteiger partial charge in [-0.2, -0.15) is 0 Å². The Morgan fingerprint density at radius 3 is 2.80 bits per heavy atom. The second kappa shape index (κ2) is 5.27. The molecule has 1 rings (SSSR count). The molecule has 0 aliphatic rings. The average Bonchev–Trinajstić information content (AvgIpc) is 2.22. The smallest absolute Gasteiger partial charge is 0.359 e. The molecule has 0 unspecified atom stereocenters. The lowest BCUT2D eigenvalue weighted by molar-refractivity contribution is 0.0592. The van der Waals surface area contributed by atoms with Gasteiger partial charge in [-0.3, -0.25) is 0 Å². The van der Waals surface area contributed by atoms with Gasteiger partial charge >= 0.3 is 5.97 Å². The average molecular weight is 295 g/mol. The molecule has 0 saturated carbocycles. The molecule has 0 fully saturated rings. The zero-order chi connectivity index (χ0) is 11.4. The molecular formula is C8H9BrClN3O2. The van der Waals surface area contributed by atoms with Crippen LogP contribution < -0.4 is 5.32 Å². The fraction of sp³-hybridized carbons (Fsp3) is 0.375. The van der Waals surface area contributed by atoms with Crippen LogP contribution in [0.25, 0.3) is 0 Å². The molecule has 1 N–H and O–H groups in total. The third-order valence-corrected chi connectivity index (χ3v) is 2.35. The summed E-state index contributed by atoms with van der Waals surface area (Å²) in [5.74, 6) is -0.155. The Balaban J connectivity index is 3.13. The minimum absolute atomic E-state index is 0.0594. The predicted molar refractivity (Wildman–Crippen MR) is 60.2 cm³/mol. The van der Waals surface area contributed by atoms with E-state index in [4.69, 9.17) is 11.6 Å². The highest BCUT2D eigenvalue weighted by molar-refractivity contribution is 9.10. The van der Waals surface area contributed by atoms with Gasteiger partial charge in [0.1, 0.15) is 4.60 Å². The minimum atomic E-state index is -0.584. The minimum Gasteiger partial charge on any atom is -0.464 e. The van der Waals surface area contributed by atoms with Crippen molar-refractivity contribution in [1.82, 2.24) is 9.97 Å². The maximum Gasteiger partial charge on any atom is 0.359 e. The van der Waals surface area contributed by atoms with Crippen LogP contribution in [0.5, 0.6) is 0 Å². The number of rotatable bonds is 3. The number of hydrogen-bond acceptors (Lipinski definition) is 5. The van der Waals surface area contributed by atoms with E-state index in [1.165, 1.54) is 7.11 Å². The zero-order valence-electron chi connectivity index (χ0n) is 8.17. The number of halogens is 2.